The Kier molecular flexibility index (Phi) is 4.25. The van der Waals surface area contributed by atoms with E-state index in [9.17, 15) is 8.42 Å². The van der Waals surface area contributed by atoms with Crippen LogP contribution in [0.15, 0.2) is 47.5 Å². The SMILES string of the molecule is CC(C)(C)c1ccc(S(=O)(=O)Nc2ccc(NC3CC3)cn2)cc1. The molecule has 2 N–H and O–H groups in total. The molecule has 1 aliphatic carbocycles. The van der Waals surface area contributed by atoms with E-state index in [0.717, 1.165) is 11.3 Å². The molecular formula is C18H23N3O2S. The first-order valence-corrected chi connectivity index (χ1v) is 9.58. The van der Waals surface area contributed by atoms with Crippen LogP contribution >= 0.6 is 0 Å². The molecule has 0 aliphatic heterocycles. The Balaban J connectivity index is 1.73. The smallest absolute Gasteiger partial charge is 0.263 e. The zero-order valence-corrected chi connectivity index (χ0v) is 15.0. The Morgan fingerprint density at radius 3 is 2.21 bits per heavy atom. The first-order valence-electron chi connectivity index (χ1n) is 8.10. The van der Waals surface area contributed by atoms with E-state index in [1.807, 2.05) is 18.2 Å². The molecule has 0 spiro atoms. The zero-order valence-electron chi connectivity index (χ0n) is 14.2. The van der Waals surface area contributed by atoms with Crippen molar-refractivity contribution < 1.29 is 8.42 Å². The van der Waals surface area contributed by atoms with Crippen molar-refractivity contribution in [3.05, 3.63) is 48.2 Å². The van der Waals surface area contributed by atoms with Crippen molar-refractivity contribution in [1.82, 2.24) is 4.98 Å². The van der Waals surface area contributed by atoms with E-state index < -0.39 is 10.0 Å². The van der Waals surface area contributed by atoms with Gasteiger partial charge in [0.1, 0.15) is 5.82 Å². The maximum Gasteiger partial charge on any atom is 0.263 e. The summed E-state index contributed by atoms with van der Waals surface area (Å²) >= 11 is 0. The average Bonchev–Trinajstić information content (AvgIpc) is 3.32. The number of pyridine rings is 1. The first-order chi connectivity index (χ1) is 11.2. The highest BCUT2D eigenvalue weighted by Gasteiger charge is 2.21. The highest BCUT2D eigenvalue weighted by Crippen LogP contribution is 2.26. The Labute approximate surface area is 143 Å². The molecule has 0 unspecified atom stereocenters. The van der Waals surface area contributed by atoms with Crippen LogP contribution in [-0.2, 0) is 15.4 Å². The van der Waals surface area contributed by atoms with E-state index in [1.54, 1.807) is 24.4 Å². The van der Waals surface area contributed by atoms with Crippen LogP contribution in [0.4, 0.5) is 11.5 Å². The minimum atomic E-state index is -3.63. The van der Waals surface area contributed by atoms with E-state index in [0.29, 0.717) is 11.9 Å². The van der Waals surface area contributed by atoms with Crippen molar-refractivity contribution in [2.24, 2.45) is 0 Å². The second-order valence-corrected chi connectivity index (χ2v) is 8.91. The first kappa shape index (κ1) is 16.8. The number of benzene rings is 1. The molecule has 5 nitrogen and oxygen atoms in total. The molecule has 0 atom stereocenters. The molecule has 0 amide bonds. The largest absolute Gasteiger partial charge is 0.381 e. The number of nitrogens with one attached hydrogen (secondary N) is 2. The molecule has 1 aromatic heterocycles. The number of hydrogen-bond donors (Lipinski definition) is 2. The molecule has 24 heavy (non-hydrogen) atoms. The third-order valence-electron chi connectivity index (χ3n) is 3.98. The number of aromatic nitrogens is 1. The number of hydrogen-bond acceptors (Lipinski definition) is 4. The maximum absolute atomic E-state index is 12.5. The predicted molar refractivity (Wildman–Crippen MR) is 96.8 cm³/mol. The summed E-state index contributed by atoms with van der Waals surface area (Å²) in [6, 6.07) is 11.0. The minimum Gasteiger partial charge on any atom is -0.381 e. The Morgan fingerprint density at radius 2 is 1.71 bits per heavy atom. The van der Waals surface area contributed by atoms with Gasteiger partial charge < -0.3 is 5.32 Å². The average molecular weight is 345 g/mol. The van der Waals surface area contributed by atoms with E-state index in [-0.39, 0.29) is 10.3 Å². The Morgan fingerprint density at radius 1 is 1.04 bits per heavy atom. The van der Waals surface area contributed by atoms with E-state index in [2.05, 4.69) is 35.8 Å². The lowest BCUT2D eigenvalue weighted by molar-refractivity contribution is 0.587. The summed E-state index contributed by atoms with van der Waals surface area (Å²) in [5.74, 6) is 0.316. The highest BCUT2D eigenvalue weighted by atomic mass is 32.2. The molecule has 1 fully saturated rings. The Bertz CT molecular complexity index is 803. The summed E-state index contributed by atoms with van der Waals surface area (Å²) in [6.45, 7) is 6.28. The molecule has 3 rings (SSSR count). The summed E-state index contributed by atoms with van der Waals surface area (Å²) in [7, 11) is -3.63. The number of anilines is 2. The third kappa shape index (κ3) is 4.06. The molecule has 0 bridgehead atoms. The standard InChI is InChI=1S/C18H23N3O2S/c1-18(2,3)13-4-9-16(10-5-13)24(22,23)21-17-11-8-15(12-19-17)20-14-6-7-14/h4-5,8-12,14,20H,6-7H2,1-3H3,(H,19,21). The van der Waals surface area contributed by atoms with Crippen molar-refractivity contribution in [1.29, 1.82) is 0 Å². The number of rotatable bonds is 5. The molecule has 1 aromatic carbocycles. The normalized spacial score (nSPS) is 15.1. The third-order valence-corrected chi connectivity index (χ3v) is 5.35. The maximum atomic E-state index is 12.5. The van der Waals surface area contributed by atoms with Crippen LogP contribution < -0.4 is 10.0 Å². The number of nitrogens with zero attached hydrogens (tertiary/aromatic N) is 1. The monoisotopic (exact) mass is 345 g/mol. The van der Waals surface area contributed by atoms with Gasteiger partial charge >= 0.3 is 0 Å². The molecular weight excluding hydrogens is 322 g/mol. The van der Waals surface area contributed by atoms with Crippen molar-refractivity contribution in [2.45, 2.75) is 50.0 Å². The summed E-state index contributed by atoms with van der Waals surface area (Å²) in [4.78, 5) is 4.41. The lowest BCUT2D eigenvalue weighted by Crippen LogP contribution is -2.15. The second-order valence-electron chi connectivity index (χ2n) is 7.23. The molecule has 1 aliphatic rings. The van der Waals surface area contributed by atoms with Gasteiger partial charge in [-0.3, -0.25) is 4.72 Å². The summed E-state index contributed by atoms with van der Waals surface area (Å²) < 4.78 is 27.5. The fourth-order valence-corrected chi connectivity index (χ4v) is 3.34. The molecule has 2 aromatic rings. The van der Waals surface area contributed by atoms with Crippen LogP contribution in [0.3, 0.4) is 0 Å². The van der Waals surface area contributed by atoms with Gasteiger partial charge in [0.05, 0.1) is 16.8 Å². The number of sulfonamides is 1. The van der Waals surface area contributed by atoms with Crippen LogP contribution in [0, 0.1) is 0 Å². The van der Waals surface area contributed by atoms with E-state index >= 15 is 0 Å². The summed E-state index contributed by atoms with van der Waals surface area (Å²) in [5.41, 5.74) is 1.99. The molecule has 128 valence electrons. The molecule has 1 heterocycles. The second kappa shape index (κ2) is 6.09. The van der Waals surface area contributed by atoms with Crippen molar-refractivity contribution >= 4 is 21.5 Å². The van der Waals surface area contributed by atoms with Gasteiger partial charge in [-0.15, -0.1) is 0 Å². The molecule has 1 saturated carbocycles. The molecule has 0 radical (unpaired) electrons. The summed E-state index contributed by atoms with van der Waals surface area (Å²) in [6.07, 6.45) is 4.01. The van der Waals surface area contributed by atoms with Gasteiger partial charge in [0.2, 0.25) is 0 Å². The molecule has 6 heteroatoms. The minimum absolute atomic E-state index is 0.0122. The van der Waals surface area contributed by atoms with E-state index in [4.69, 9.17) is 0 Å². The van der Waals surface area contributed by atoms with Gasteiger partial charge in [-0.1, -0.05) is 32.9 Å². The van der Waals surface area contributed by atoms with Gasteiger partial charge in [-0.05, 0) is 48.1 Å². The van der Waals surface area contributed by atoms with Gasteiger partial charge in [0.15, 0.2) is 0 Å². The van der Waals surface area contributed by atoms with Gasteiger partial charge in [0.25, 0.3) is 10.0 Å². The van der Waals surface area contributed by atoms with E-state index in [1.165, 1.54) is 12.8 Å². The lowest BCUT2D eigenvalue weighted by atomic mass is 9.87. The van der Waals surface area contributed by atoms with Crippen LogP contribution in [0.25, 0.3) is 0 Å². The van der Waals surface area contributed by atoms with Crippen LogP contribution in [0.5, 0.6) is 0 Å². The van der Waals surface area contributed by atoms with Crippen LogP contribution in [0.2, 0.25) is 0 Å². The van der Waals surface area contributed by atoms with Crippen LogP contribution in [-0.4, -0.2) is 19.4 Å². The topological polar surface area (TPSA) is 71.1 Å². The molecule has 0 saturated heterocycles. The fraction of sp³-hybridized carbons (Fsp3) is 0.389. The van der Waals surface area contributed by atoms with Crippen LogP contribution in [0.1, 0.15) is 39.2 Å². The van der Waals surface area contributed by atoms with Crippen molar-refractivity contribution in [3.63, 3.8) is 0 Å². The van der Waals surface area contributed by atoms with Gasteiger partial charge in [-0.2, -0.15) is 0 Å². The zero-order chi connectivity index (χ0) is 17.4. The predicted octanol–water partition coefficient (Wildman–Crippen LogP) is 3.75. The van der Waals surface area contributed by atoms with Gasteiger partial charge in [-0.25, -0.2) is 13.4 Å². The summed E-state index contributed by atoms with van der Waals surface area (Å²) in [5, 5.41) is 3.32. The van der Waals surface area contributed by atoms with Crippen molar-refractivity contribution in [2.75, 3.05) is 10.0 Å². The lowest BCUT2D eigenvalue weighted by Gasteiger charge is -2.19. The Hall–Kier alpha value is -2.08. The quantitative estimate of drug-likeness (QED) is 0.866. The van der Waals surface area contributed by atoms with Gasteiger partial charge in [0, 0.05) is 6.04 Å². The highest BCUT2D eigenvalue weighted by molar-refractivity contribution is 7.92. The van der Waals surface area contributed by atoms with Crippen molar-refractivity contribution in [3.8, 4) is 0 Å². The fourth-order valence-electron chi connectivity index (χ4n) is 2.33.